The van der Waals surface area contributed by atoms with Crippen LogP contribution in [-0.2, 0) is 4.65 Å². The number of rotatable bonds is 19. The van der Waals surface area contributed by atoms with Gasteiger partial charge in [-0.25, -0.2) is 8.78 Å². The maximum atomic E-state index is 14.7. The molecule has 0 aliphatic heterocycles. The third-order valence-electron chi connectivity index (χ3n) is 6.91. The molecule has 1 unspecified atom stereocenters. The Hall–Kier alpha value is -2.12. The Balaban J connectivity index is 2.40. The summed E-state index contributed by atoms with van der Waals surface area (Å²) in [4.78, 5) is 0. The van der Waals surface area contributed by atoms with Crippen LogP contribution in [0, 0.1) is 11.6 Å². The van der Waals surface area contributed by atoms with Gasteiger partial charge in [0.1, 0.15) is 29.2 Å². The molecular weight excluding hydrogens is 471 g/mol. The maximum absolute atomic E-state index is 14.7. The number of quaternary nitrogens is 1. The van der Waals surface area contributed by atoms with Gasteiger partial charge in [-0.1, -0.05) is 53.9 Å². The first-order chi connectivity index (χ1) is 17.9. The molecule has 0 radical (unpaired) electrons. The van der Waals surface area contributed by atoms with Gasteiger partial charge in [0.15, 0.2) is 0 Å². The van der Waals surface area contributed by atoms with Crippen molar-refractivity contribution >= 4 is 7.32 Å². The van der Waals surface area contributed by atoms with Crippen molar-refractivity contribution in [1.82, 2.24) is 0 Å². The topological polar surface area (TPSA) is 27.7 Å². The fraction of sp³-hybridized carbons (Fsp3) is 0.600. The Kier molecular flexibility index (Phi) is 14.0. The van der Waals surface area contributed by atoms with Crippen LogP contribution in [0.5, 0.6) is 11.5 Å². The van der Waals surface area contributed by atoms with Crippen molar-refractivity contribution in [2.45, 2.75) is 92.0 Å². The molecule has 0 aliphatic rings. The second-order valence-corrected chi connectivity index (χ2v) is 9.91. The molecule has 0 bridgehead atoms. The maximum Gasteiger partial charge on any atom is 0.788 e. The average molecular weight is 519 g/mol. The molecule has 0 saturated carbocycles. The molecule has 0 fully saturated rings. The molecular formula is C30H47BF2NO3+. The van der Waals surface area contributed by atoms with Crippen LogP contribution in [0.2, 0.25) is 0 Å². The van der Waals surface area contributed by atoms with Crippen molar-refractivity contribution in [1.29, 1.82) is 0 Å². The highest BCUT2D eigenvalue weighted by Gasteiger charge is 2.38. The Morgan fingerprint density at radius 1 is 0.730 bits per heavy atom. The minimum absolute atomic E-state index is 0.0848. The van der Waals surface area contributed by atoms with E-state index < -0.39 is 7.32 Å². The van der Waals surface area contributed by atoms with Crippen LogP contribution in [0.25, 0.3) is 0 Å². The van der Waals surface area contributed by atoms with E-state index in [4.69, 9.17) is 14.0 Å². The summed E-state index contributed by atoms with van der Waals surface area (Å²) in [6, 6.07) is 10.6. The second kappa shape index (κ2) is 16.7. The van der Waals surface area contributed by atoms with Gasteiger partial charge >= 0.3 is 7.32 Å². The van der Waals surface area contributed by atoms with Crippen molar-refractivity contribution in [2.75, 3.05) is 26.2 Å². The smallest absolute Gasteiger partial charge is 0.501 e. The van der Waals surface area contributed by atoms with Crippen LogP contribution in [0.15, 0.2) is 42.5 Å². The van der Waals surface area contributed by atoms with E-state index in [0.29, 0.717) is 18.1 Å². The van der Waals surface area contributed by atoms with Gasteiger partial charge in [0, 0.05) is 13.0 Å². The summed E-state index contributed by atoms with van der Waals surface area (Å²) in [7, 11) is -1.03. The quantitative estimate of drug-likeness (QED) is 0.106. The highest BCUT2D eigenvalue weighted by atomic mass is 19.1. The first-order valence-corrected chi connectivity index (χ1v) is 14.3. The standard InChI is InChI=1S/C30H47BF2NO3/c1-6-11-12-13-23-35-31(36-27-17-14-25(32)15-18-27)37-30-19-16-26(33)24-28(30)29(10-5)34(20-7-2,21-8-3)22-9-4/h14-19,24,29H,6-13,20-23H2,1-5H3/q+1. The van der Waals surface area contributed by atoms with E-state index in [1.54, 1.807) is 24.3 Å². The van der Waals surface area contributed by atoms with E-state index in [2.05, 4.69) is 34.6 Å². The van der Waals surface area contributed by atoms with Crippen molar-refractivity contribution < 1.29 is 27.2 Å². The molecule has 0 aliphatic carbocycles. The zero-order chi connectivity index (χ0) is 27.1. The molecule has 2 aromatic carbocycles. The lowest BCUT2D eigenvalue weighted by Crippen LogP contribution is -2.52. The third kappa shape index (κ3) is 9.61. The van der Waals surface area contributed by atoms with Crippen LogP contribution >= 0.6 is 0 Å². The monoisotopic (exact) mass is 518 g/mol. The van der Waals surface area contributed by atoms with E-state index >= 15 is 0 Å². The van der Waals surface area contributed by atoms with Crippen LogP contribution in [0.4, 0.5) is 8.78 Å². The fourth-order valence-electron chi connectivity index (χ4n) is 5.46. The Bertz CT molecular complexity index is 880. The summed E-state index contributed by atoms with van der Waals surface area (Å²) < 4.78 is 47.4. The molecule has 37 heavy (non-hydrogen) atoms. The highest BCUT2D eigenvalue weighted by Crippen LogP contribution is 2.39. The summed E-state index contributed by atoms with van der Waals surface area (Å²) in [5.74, 6) is 0.400. The molecule has 0 aromatic heterocycles. The number of unbranched alkanes of at least 4 members (excludes halogenated alkanes) is 3. The lowest BCUT2D eigenvalue weighted by Gasteiger charge is -2.45. The molecule has 0 saturated heterocycles. The van der Waals surface area contributed by atoms with Crippen molar-refractivity contribution in [2.24, 2.45) is 0 Å². The first kappa shape index (κ1) is 31.1. The molecule has 0 spiro atoms. The zero-order valence-corrected chi connectivity index (χ0v) is 23.6. The van der Waals surface area contributed by atoms with Gasteiger partial charge in [0.25, 0.3) is 0 Å². The van der Waals surface area contributed by atoms with E-state index in [1.807, 2.05) is 0 Å². The highest BCUT2D eigenvalue weighted by molar-refractivity contribution is 6.38. The van der Waals surface area contributed by atoms with Crippen LogP contribution in [0.1, 0.15) is 97.6 Å². The van der Waals surface area contributed by atoms with Crippen LogP contribution in [-0.4, -0.2) is 38.0 Å². The summed E-state index contributed by atoms with van der Waals surface area (Å²) in [5, 5.41) is 0. The minimum Gasteiger partial charge on any atom is -0.501 e. The molecule has 4 nitrogen and oxygen atoms in total. The van der Waals surface area contributed by atoms with Gasteiger partial charge < -0.3 is 18.4 Å². The van der Waals surface area contributed by atoms with Crippen molar-refractivity contribution in [3.8, 4) is 11.5 Å². The van der Waals surface area contributed by atoms with Gasteiger partial charge in [-0.15, -0.1) is 0 Å². The van der Waals surface area contributed by atoms with E-state index in [0.717, 1.165) is 81.0 Å². The molecule has 0 heterocycles. The van der Waals surface area contributed by atoms with E-state index in [-0.39, 0.29) is 17.7 Å². The molecule has 0 N–H and O–H groups in total. The summed E-state index contributed by atoms with van der Waals surface area (Å²) in [5.41, 5.74) is 0.847. The molecule has 7 heteroatoms. The lowest BCUT2D eigenvalue weighted by molar-refractivity contribution is -0.957. The zero-order valence-electron chi connectivity index (χ0n) is 23.6. The molecule has 2 aromatic rings. The van der Waals surface area contributed by atoms with Gasteiger partial charge in [0.05, 0.1) is 25.2 Å². The molecule has 2 rings (SSSR count). The Morgan fingerprint density at radius 2 is 1.35 bits per heavy atom. The molecule has 0 amide bonds. The summed E-state index contributed by atoms with van der Waals surface area (Å²) in [6.45, 7) is 14.5. The summed E-state index contributed by atoms with van der Waals surface area (Å²) >= 11 is 0. The normalized spacial score (nSPS) is 12.4. The number of hydrogen-bond acceptors (Lipinski definition) is 3. The average Bonchev–Trinajstić information content (AvgIpc) is 2.87. The number of hydrogen-bond donors (Lipinski definition) is 0. The SMILES string of the molecule is CCCCCCOB(Oc1ccc(F)cc1)Oc1ccc(F)cc1C(CC)[N+](CCC)(CCC)CCC. The largest absolute Gasteiger partial charge is 0.788 e. The van der Waals surface area contributed by atoms with Gasteiger partial charge in [-0.2, -0.15) is 0 Å². The van der Waals surface area contributed by atoms with Gasteiger partial charge in [-0.05, 0) is 68.1 Å². The number of halogens is 2. The van der Waals surface area contributed by atoms with Crippen LogP contribution in [0.3, 0.4) is 0 Å². The van der Waals surface area contributed by atoms with Gasteiger partial charge in [0.2, 0.25) is 0 Å². The van der Waals surface area contributed by atoms with Crippen molar-refractivity contribution in [3.63, 3.8) is 0 Å². The predicted molar refractivity (Wildman–Crippen MR) is 149 cm³/mol. The van der Waals surface area contributed by atoms with E-state index in [9.17, 15) is 8.78 Å². The fourth-order valence-corrected chi connectivity index (χ4v) is 5.46. The number of nitrogens with zero attached hydrogens (tertiary/aromatic N) is 1. The van der Waals surface area contributed by atoms with Crippen molar-refractivity contribution in [3.05, 3.63) is 59.7 Å². The lowest BCUT2D eigenvalue weighted by atomic mass is 9.96. The second-order valence-electron chi connectivity index (χ2n) is 9.91. The predicted octanol–water partition coefficient (Wildman–Crippen LogP) is 8.50. The third-order valence-corrected chi connectivity index (χ3v) is 6.91. The van der Waals surface area contributed by atoms with E-state index in [1.165, 1.54) is 18.2 Å². The molecule has 1 atom stereocenters. The summed E-state index contributed by atoms with van der Waals surface area (Å²) in [6.07, 6.45) is 8.25. The minimum atomic E-state index is -1.03. The molecule has 206 valence electrons. The van der Waals surface area contributed by atoms with Crippen LogP contribution < -0.4 is 9.31 Å². The Labute approximate surface area is 224 Å². The first-order valence-electron chi connectivity index (χ1n) is 14.3. The Morgan fingerprint density at radius 3 is 1.92 bits per heavy atom. The number of benzene rings is 2. The van der Waals surface area contributed by atoms with Gasteiger partial charge in [-0.3, -0.25) is 0 Å².